The van der Waals surface area contributed by atoms with Crippen LogP contribution in [-0.2, 0) is 14.3 Å². The van der Waals surface area contributed by atoms with Gasteiger partial charge in [-0.3, -0.25) is 4.79 Å². The van der Waals surface area contributed by atoms with Crippen LogP contribution >= 0.6 is 0 Å². The van der Waals surface area contributed by atoms with Gasteiger partial charge in [0, 0.05) is 25.4 Å². The summed E-state index contributed by atoms with van der Waals surface area (Å²) in [6.45, 7) is 0.974. The van der Waals surface area contributed by atoms with Crippen LogP contribution in [-0.4, -0.2) is 48.2 Å². The maximum absolute atomic E-state index is 12.1. The monoisotopic (exact) mass is 354 g/mol. The standard InChI is InChI=1S/C18H30N2O5/c21-16(22)13-5-7-14(8-6-13)20-17(23)19-11-15-12-24-18(25-15)9-3-1-2-4-10-18/h13-15H,1-12H2,(H,21,22)(H2,19,20,23). The lowest BCUT2D eigenvalue weighted by molar-refractivity contribution is -0.175. The molecule has 0 aromatic rings. The number of hydrogen-bond donors (Lipinski definition) is 3. The van der Waals surface area contributed by atoms with Gasteiger partial charge in [-0.1, -0.05) is 12.8 Å². The molecule has 142 valence electrons. The fourth-order valence-corrected chi connectivity index (χ4v) is 4.17. The third kappa shape index (κ3) is 5.07. The second-order valence-electron chi connectivity index (χ2n) is 7.62. The van der Waals surface area contributed by atoms with E-state index < -0.39 is 11.8 Å². The first-order valence-electron chi connectivity index (χ1n) is 9.65. The van der Waals surface area contributed by atoms with Crippen molar-refractivity contribution < 1.29 is 24.2 Å². The second kappa shape index (κ2) is 8.36. The zero-order chi connectivity index (χ0) is 17.7. The Morgan fingerprint density at radius 1 is 1.04 bits per heavy atom. The van der Waals surface area contributed by atoms with Crippen molar-refractivity contribution in [2.24, 2.45) is 5.92 Å². The van der Waals surface area contributed by atoms with Crippen molar-refractivity contribution >= 4 is 12.0 Å². The normalized spacial score (nSPS) is 32.1. The Labute approximate surface area is 148 Å². The van der Waals surface area contributed by atoms with E-state index in [1.54, 1.807) is 0 Å². The zero-order valence-corrected chi connectivity index (χ0v) is 14.8. The summed E-state index contributed by atoms with van der Waals surface area (Å²) in [5, 5.41) is 14.8. The minimum Gasteiger partial charge on any atom is -0.481 e. The smallest absolute Gasteiger partial charge is 0.315 e. The number of hydrogen-bond acceptors (Lipinski definition) is 4. The zero-order valence-electron chi connectivity index (χ0n) is 14.8. The number of urea groups is 1. The van der Waals surface area contributed by atoms with Gasteiger partial charge in [0.15, 0.2) is 5.79 Å². The van der Waals surface area contributed by atoms with Crippen molar-refractivity contribution in [3.63, 3.8) is 0 Å². The Morgan fingerprint density at radius 2 is 1.72 bits per heavy atom. The van der Waals surface area contributed by atoms with Crippen LogP contribution in [0.4, 0.5) is 4.79 Å². The van der Waals surface area contributed by atoms with E-state index in [1.807, 2.05) is 0 Å². The molecule has 2 aliphatic carbocycles. The fraction of sp³-hybridized carbons (Fsp3) is 0.889. The van der Waals surface area contributed by atoms with Crippen LogP contribution in [0, 0.1) is 5.92 Å². The fourth-order valence-electron chi connectivity index (χ4n) is 4.17. The Kier molecular flexibility index (Phi) is 6.17. The van der Waals surface area contributed by atoms with E-state index in [2.05, 4.69) is 10.6 Å². The summed E-state index contributed by atoms with van der Waals surface area (Å²) in [6, 6.07) is -0.145. The molecule has 3 N–H and O–H groups in total. The molecule has 2 saturated carbocycles. The van der Waals surface area contributed by atoms with Gasteiger partial charge >= 0.3 is 12.0 Å². The van der Waals surface area contributed by atoms with Gasteiger partial charge in [-0.15, -0.1) is 0 Å². The van der Waals surface area contributed by atoms with E-state index in [1.165, 1.54) is 12.8 Å². The van der Waals surface area contributed by atoms with E-state index in [0.29, 0.717) is 26.0 Å². The third-order valence-electron chi connectivity index (χ3n) is 5.68. The number of rotatable bonds is 4. The van der Waals surface area contributed by atoms with Crippen molar-refractivity contribution in [1.82, 2.24) is 10.6 Å². The first-order chi connectivity index (χ1) is 12.1. The van der Waals surface area contributed by atoms with Crippen molar-refractivity contribution in [3.05, 3.63) is 0 Å². The van der Waals surface area contributed by atoms with E-state index in [0.717, 1.165) is 38.5 Å². The number of ether oxygens (including phenoxy) is 2. The molecule has 3 fully saturated rings. The average molecular weight is 354 g/mol. The molecule has 7 heteroatoms. The highest BCUT2D eigenvalue weighted by Crippen LogP contribution is 2.36. The van der Waals surface area contributed by atoms with E-state index in [4.69, 9.17) is 14.6 Å². The summed E-state index contributed by atoms with van der Waals surface area (Å²) < 4.78 is 12.1. The summed E-state index contributed by atoms with van der Waals surface area (Å²) in [7, 11) is 0. The summed E-state index contributed by atoms with van der Waals surface area (Å²) in [4.78, 5) is 23.0. The van der Waals surface area contributed by atoms with Crippen molar-refractivity contribution in [2.75, 3.05) is 13.2 Å². The number of amides is 2. The molecule has 0 aromatic carbocycles. The van der Waals surface area contributed by atoms with Gasteiger partial charge in [-0.05, 0) is 38.5 Å². The number of carboxylic acid groups (broad SMARTS) is 1. The lowest BCUT2D eigenvalue weighted by Crippen LogP contribution is -2.46. The van der Waals surface area contributed by atoms with Gasteiger partial charge in [0.05, 0.1) is 12.5 Å². The van der Waals surface area contributed by atoms with Crippen LogP contribution < -0.4 is 10.6 Å². The van der Waals surface area contributed by atoms with Crippen LogP contribution in [0.25, 0.3) is 0 Å². The van der Waals surface area contributed by atoms with Crippen LogP contribution in [0.15, 0.2) is 0 Å². The number of nitrogens with one attached hydrogen (secondary N) is 2. The van der Waals surface area contributed by atoms with Crippen molar-refractivity contribution in [1.29, 1.82) is 0 Å². The maximum Gasteiger partial charge on any atom is 0.315 e. The van der Waals surface area contributed by atoms with E-state index in [-0.39, 0.29) is 24.1 Å². The average Bonchev–Trinajstić information content (AvgIpc) is 2.85. The number of carbonyl (C=O) groups excluding carboxylic acids is 1. The molecule has 7 nitrogen and oxygen atoms in total. The summed E-state index contributed by atoms with van der Waals surface area (Å²) in [5.74, 6) is -1.41. The minimum absolute atomic E-state index is 0.0598. The molecular weight excluding hydrogens is 324 g/mol. The van der Waals surface area contributed by atoms with Gasteiger partial charge in [-0.25, -0.2) is 4.79 Å². The van der Waals surface area contributed by atoms with Gasteiger partial charge in [0.1, 0.15) is 6.10 Å². The summed E-state index contributed by atoms with van der Waals surface area (Å²) in [5.41, 5.74) is 0. The Morgan fingerprint density at radius 3 is 2.36 bits per heavy atom. The molecule has 2 amide bonds. The molecular formula is C18H30N2O5. The molecule has 1 unspecified atom stereocenters. The maximum atomic E-state index is 12.1. The lowest BCUT2D eigenvalue weighted by atomic mass is 9.86. The predicted octanol–water partition coefficient (Wildman–Crippen LogP) is 2.39. The Hall–Kier alpha value is -1.34. The van der Waals surface area contributed by atoms with Crippen molar-refractivity contribution in [2.45, 2.75) is 82.1 Å². The SMILES string of the molecule is O=C(NCC1COC2(CCCCCC2)O1)NC1CCC(C(=O)O)CC1. The second-order valence-corrected chi connectivity index (χ2v) is 7.62. The number of carboxylic acids is 1. The van der Waals surface area contributed by atoms with Gasteiger partial charge < -0.3 is 25.2 Å². The Bertz CT molecular complexity index is 468. The van der Waals surface area contributed by atoms with Gasteiger partial charge in [0.2, 0.25) is 0 Å². The van der Waals surface area contributed by atoms with Crippen LogP contribution in [0.3, 0.4) is 0 Å². The van der Waals surface area contributed by atoms with Crippen LogP contribution in [0.5, 0.6) is 0 Å². The molecule has 3 aliphatic rings. The molecule has 1 heterocycles. The molecule has 0 aromatic heterocycles. The summed E-state index contributed by atoms with van der Waals surface area (Å²) >= 11 is 0. The molecule has 1 aliphatic heterocycles. The highest BCUT2D eigenvalue weighted by Gasteiger charge is 2.41. The van der Waals surface area contributed by atoms with Crippen molar-refractivity contribution in [3.8, 4) is 0 Å². The Balaban J connectivity index is 1.35. The van der Waals surface area contributed by atoms with E-state index in [9.17, 15) is 9.59 Å². The first kappa shape index (κ1) is 18.5. The minimum atomic E-state index is -0.728. The lowest BCUT2D eigenvalue weighted by Gasteiger charge is -2.27. The topological polar surface area (TPSA) is 96.9 Å². The highest BCUT2D eigenvalue weighted by molar-refractivity contribution is 5.74. The summed E-state index contributed by atoms with van der Waals surface area (Å²) in [6.07, 6.45) is 9.25. The number of aliphatic carboxylic acids is 1. The molecule has 1 saturated heterocycles. The molecule has 0 bridgehead atoms. The van der Waals surface area contributed by atoms with Crippen LogP contribution in [0.2, 0.25) is 0 Å². The molecule has 1 spiro atoms. The number of carbonyl (C=O) groups is 2. The molecule has 25 heavy (non-hydrogen) atoms. The predicted molar refractivity (Wildman–Crippen MR) is 91.2 cm³/mol. The van der Waals surface area contributed by atoms with E-state index >= 15 is 0 Å². The molecule has 3 rings (SSSR count). The van der Waals surface area contributed by atoms with Crippen LogP contribution in [0.1, 0.15) is 64.2 Å². The molecule has 1 atom stereocenters. The van der Waals surface area contributed by atoms with Gasteiger partial charge in [-0.2, -0.15) is 0 Å². The highest BCUT2D eigenvalue weighted by atomic mass is 16.7. The third-order valence-corrected chi connectivity index (χ3v) is 5.68. The van der Waals surface area contributed by atoms with Gasteiger partial charge in [0.25, 0.3) is 0 Å². The molecule has 0 radical (unpaired) electrons. The quantitative estimate of drug-likeness (QED) is 0.720. The first-order valence-corrected chi connectivity index (χ1v) is 9.65. The largest absolute Gasteiger partial charge is 0.481 e.